The zero-order valence-electron chi connectivity index (χ0n) is 16.7. The van der Waals surface area contributed by atoms with Gasteiger partial charge in [-0.15, -0.1) is 0 Å². The molecular formula is C23H31N3O. The van der Waals surface area contributed by atoms with Crippen LogP contribution in [0, 0.1) is 12.8 Å². The molecule has 0 spiro atoms. The molecule has 4 nitrogen and oxygen atoms in total. The molecule has 0 bridgehead atoms. The maximum Gasteiger partial charge on any atom is 0.224 e. The largest absolute Gasteiger partial charge is 0.378 e. The van der Waals surface area contributed by atoms with Gasteiger partial charge in [0.05, 0.1) is 6.42 Å². The van der Waals surface area contributed by atoms with Gasteiger partial charge in [0.1, 0.15) is 0 Å². The number of nitrogens with zero attached hydrogens (tertiary/aromatic N) is 2. The predicted octanol–water partition coefficient (Wildman–Crippen LogP) is 3.24. The van der Waals surface area contributed by atoms with Crippen LogP contribution < -0.4 is 10.2 Å². The molecule has 1 aliphatic heterocycles. The van der Waals surface area contributed by atoms with Crippen molar-refractivity contribution >= 4 is 11.6 Å². The van der Waals surface area contributed by atoms with Crippen molar-refractivity contribution in [1.82, 2.24) is 10.2 Å². The van der Waals surface area contributed by atoms with Crippen molar-refractivity contribution in [2.45, 2.75) is 26.3 Å². The van der Waals surface area contributed by atoms with Gasteiger partial charge in [-0.3, -0.25) is 9.69 Å². The van der Waals surface area contributed by atoms with Crippen LogP contribution in [0.2, 0.25) is 0 Å². The number of rotatable bonds is 7. The van der Waals surface area contributed by atoms with E-state index in [9.17, 15) is 4.79 Å². The molecule has 4 heteroatoms. The first-order chi connectivity index (χ1) is 13.0. The van der Waals surface area contributed by atoms with Gasteiger partial charge < -0.3 is 10.2 Å². The lowest BCUT2D eigenvalue weighted by Gasteiger charge is -2.17. The SMILES string of the molecule is Cc1ccccc1CN1CCC(CNC(=O)Cc2ccc(N(C)C)cc2)C1. The van der Waals surface area contributed by atoms with Crippen LogP contribution in [-0.2, 0) is 17.8 Å². The maximum atomic E-state index is 12.3. The highest BCUT2D eigenvalue weighted by atomic mass is 16.1. The summed E-state index contributed by atoms with van der Waals surface area (Å²) in [4.78, 5) is 16.8. The van der Waals surface area contributed by atoms with E-state index in [2.05, 4.69) is 58.4 Å². The molecule has 2 aromatic carbocycles. The van der Waals surface area contributed by atoms with E-state index in [1.165, 1.54) is 11.1 Å². The molecule has 1 aliphatic rings. The van der Waals surface area contributed by atoms with E-state index in [0.717, 1.165) is 43.9 Å². The minimum atomic E-state index is 0.116. The fourth-order valence-electron chi connectivity index (χ4n) is 3.67. The molecule has 1 fully saturated rings. The molecule has 1 unspecified atom stereocenters. The van der Waals surface area contributed by atoms with E-state index in [-0.39, 0.29) is 5.91 Å². The van der Waals surface area contributed by atoms with E-state index in [1.807, 2.05) is 26.2 Å². The lowest BCUT2D eigenvalue weighted by atomic mass is 10.1. The van der Waals surface area contributed by atoms with Crippen molar-refractivity contribution in [2.75, 3.05) is 38.6 Å². The highest BCUT2D eigenvalue weighted by molar-refractivity contribution is 5.78. The summed E-state index contributed by atoms with van der Waals surface area (Å²) in [5, 5.41) is 3.13. The van der Waals surface area contributed by atoms with Crippen LogP contribution in [0.1, 0.15) is 23.1 Å². The second-order valence-electron chi connectivity index (χ2n) is 7.86. The van der Waals surface area contributed by atoms with Gasteiger partial charge in [0, 0.05) is 39.4 Å². The van der Waals surface area contributed by atoms with Crippen LogP contribution in [0.4, 0.5) is 5.69 Å². The Balaban J connectivity index is 1.41. The second kappa shape index (κ2) is 9.05. The topological polar surface area (TPSA) is 35.6 Å². The number of amides is 1. The predicted molar refractivity (Wildman–Crippen MR) is 112 cm³/mol. The van der Waals surface area contributed by atoms with E-state index in [1.54, 1.807) is 0 Å². The molecule has 1 amide bonds. The first-order valence-corrected chi connectivity index (χ1v) is 9.81. The number of carbonyl (C=O) groups is 1. The lowest BCUT2D eigenvalue weighted by Crippen LogP contribution is -2.32. The highest BCUT2D eigenvalue weighted by Gasteiger charge is 2.23. The summed E-state index contributed by atoms with van der Waals surface area (Å²) in [7, 11) is 4.04. The normalized spacial score (nSPS) is 17.1. The fraction of sp³-hybridized carbons (Fsp3) is 0.435. The van der Waals surface area contributed by atoms with Gasteiger partial charge in [-0.2, -0.15) is 0 Å². The molecule has 144 valence electrons. The Kier molecular flexibility index (Phi) is 6.51. The number of likely N-dealkylation sites (tertiary alicyclic amines) is 1. The van der Waals surface area contributed by atoms with Crippen molar-refractivity contribution in [1.29, 1.82) is 0 Å². The average molecular weight is 366 g/mol. The van der Waals surface area contributed by atoms with Gasteiger partial charge in [-0.25, -0.2) is 0 Å². The number of carbonyl (C=O) groups excluding carboxylic acids is 1. The average Bonchev–Trinajstić information content (AvgIpc) is 3.10. The van der Waals surface area contributed by atoms with Gasteiger partial charge in [0.25, 0.3) is 0 Å². The smallest absolute Gasteiger partial charge is 0.224 e. The maximum absolute atomic E-state index is 12.3. The van der Waals surface area contributed by atoms with Crippen molar-refractivity contribution in [2.24, 2.45) is 5.92 Å². The van der Waals surface area contributed by atoms with Crippen molar-refractivity contribution in [3.05, 3.63) is 65.2 Å². The Morgan fingerprint density at radius 2 is 1.89 bits per heavy atom. The summed E-state index contributed by atoms with van der Waals surface area (Å²) in [5.41, 5.74) is 4.97. The molecular weight excluding hydrogens is 334 g/mol. The number of hydrogen-bond donors (Lipinski definition) is 1. The number of benzene rings is 2. The zero-order chi connectivity index (χ0) is 19.2. The van der Waals surface area contributed by atoms with E-state index in [4.69, 9.17) is 0 Å². The summed E-state index contributed by atoms with van der Waals surface area (Å²) < 4.78 is 0. The Labute approximate surface area is 163 Å². The van der Waals surface area contributed by atoms with Gasteiger partial charge in [-0.05, 0) is 54.6 Å². The molecule has 1 N–H and O–H groups in total. The summed E-state index contributed by atoms with van der Waals surface area (Å²) in [5.74, 6) is 0.666. The molecule has 0 saturated carbocycles. The minimum Gasteiger partial charge on any atom is -0.378 e. The number of nitrogens with one attached hydrogen (secondary N) is 1. The van der Waals surface area contributed by atoms with E-state index in [0.29, 0.717) is 12.3 Å². The molecule has 1 atom stereocenters. The van der Waals surface area contributed by atoms with Crippen LogP contribution in [0.25, 0.3) is 0 Å². The Morgan fingerprint density at radius 1 is 1.15 bits per heavy atom. The van der Waals surface area contributed by atoms with Crippen LogP contribution in [-0.4, -0.2) is 44.5 Å². The summed E-state index contributed by atoms with van der Waals surface area (Å²) in [6.07, 6.45) is 1.61. The molecule has 3 rings (SSSR count). The van der Waals surface area contributed by atoms with E-state index >= 15 is 0 Å². The van der Waals surface area contributed by atoms with Crippen LogP contribution >= 0.6 is 0 Å². The van der Waals surface area contributed by atoms with Crippen LogP contribution in [0.3, 0.4) is 0 Å². The molecule has 27 heavy (non-hydrogen) atoms. The lowest BCUT2D eigenvalue weighted by molar-refractivity contribution is -0.120. The third-order valence-corrected chi connectivity index (χ3v) is 5.43. The third kappa shape index (κ3) is 5.57. The van der Waals surface area contributed by atoms with Crippen LogP contribution in [0.15, 0.2) is 48.5 Å². The number of aryl methyl sites for hydroxylation is 1. The van der Waals surface area contributed by atoms with Gasteiger partial charge in [0.15, 0.2) is 0 Å². The Hall–Kier alpha value is -2.33. The molecule has 0 aromatic heterocycles. The summed E-state index contributed by atoms with van der Waals surface area (Å²) in [6.45, 7) is 6.13. The monoisotopic (exact) mass is 365 g/mol. The van der Waals surface area contributed by atoms with E-state index < -0.39 is 0 Å². The van der Waals surface area contributed by atoms with Gasteiger partial charge >= 0.3 is 0 Å². The Morgan fingerprint density at radius 3 is 2.59 bits per heavy atom. The van der Waals surface area contributed by atoms with Crippen LogP contribution in [0.5, 0.6) is 0 Å². The quantitative estimate of drug-likeness (QED) is 0.818. The number of hydrogen-bond acceptors (Lipinski definition) is 3. The highest BCUT2D eigenvalue weighted by Crippen LogP contribution is 2.19. The second-order valence-corrected chi connectivity index (χ2v) is 7.86. The number of anilines is 1. The summed E-state index contributed by atoms with van der Waals surface area (Å²) in [6, 6.07) is 16.8. The van der Waals surface area contributed by atoms with Crippen molar-refractivity contribution < 1.29 is 4.79 Å². The summed E-state index contributed by atoms with van der Waals surface area (Å²) >= 11 is 0. The van der Waals surface area contributed by atoms with Crippen molar-refractivity contribution in [3.8, 4) is 0 Å². The Bertz CT molecular complexity index is 754. The van der Waals surface area contributed by atoms with Gasteiger partial charge in [0.2, 0.25) is 5.91 Å². The molecule has 2 aromatic rings. The zero-order valence-corrected chi connectivity index (χ0v) is 16.7. The molecule has 1 saturated heterocycles. The minimum absolute atomic E-state index is 0.116. The molecule has 0 aliphatic carbocycles. The first-order valence-electron chi connectivity index (χ1n) is 9.81. The molecule has 1 heterocycles. The van der Waals surface area contributed by atoms with Gasteiger partial charge in [-0.1, -0.05) is 36.4 Å². The first kappa shape index (κ1) is 19.4. The third-order valence-electron chi connectivity index (χ3n) is 5.43. The van der Waals surface area contributed by atoms with Crippen molar-refractivity contribution in [3.63, 3.8) is 0 Å². The molecule has 0 radical (unpaired) electrons. The fourth-order valence-corrected chi connectivity index (χ4v) is 3.67. The standard InChI is InChI=1S/C23H31N3O/c1-18-6-4-5-7-21(18)17-26-13-12-20(16-26)15-24-23(27)14-19-8-10-22(11-9-19)25(2)3/h4-11,20H,12-17H2,1-3H3,(H,24,27).